The van der Waals surface area contributed by atoms with Crippen molar-refractivity contribution >= 4 is 17.7 Å². The van der Waals surface area contributed by atoms with Gasteiger partial charge in [-0.2, -0.15) is 0 Å². The molecule has 0 aromatic heterocycles. The summed E-state index contributed by atoms with van der Waals surface area (Å²) in [6.45, 7) is 5.40. The lowest BCUT2D eigenvalue weighted by Gasteiger charge is -2.38. The lowest BCUT2D eigenvalue weighted by atomic mass is 10.1. The van der Waals surface area contributed by atoms with Crippen LogP contribution in [0.25, 0.3) is 0 Å². The molecule has 0 saturated carbocycles. The van der Waals surface area contributed by atoms with Gasteiger partial charge in [0.05, 0.1) is 0 Å². The number of piperazine rings is 1. The molecule has 0 aliphatic carbocycles. The number of benzene rings is 1. The summed E-state index contributed by atoms with van der Waals surface area (Å²) < 4.78 is 0. The summed E-state index contributed by atoms with van der Waals surface area (Å²) in [5.74, 6) is 0. The Bertz CT molecular complexity index is 423. The summed E-state index contributed by atoms with van der Waals surface area (Å²) in [6, 6.07) is 7.84. The first kappa shape index (κ1) is 13.8. The molecule has 3 N–H and O–H groups in total. The van der Waals surface area contributed by atoms with E-state index in [1.54, 1.807) is 6.92 Å². The van der Waals surface area contributed by atoms with Gasteiger partial charge in [-0.15, -0.1) is 0 Å². The number of hydrogen-bond acceptors (Lipinski definition) is 5. The van der Waals surface area contributed by atoms with E-state index in [0.29, 0.717) is 12.8 Å². The zero-order valence-electron chi connectivity index (χ0n) is 11.2. The van der Waals surface area contributed by atoms with E-state index in [1.165, 1.54) is 0 Å². The Morgan fingerprint density at radius 3 is 2.37 bits per heavy atom. The number of rotatable bonds is 4. The predicted octanol–water partition coefficient (Wildman–Crippen LogP) is 0.341. The van der Waals surface area contributed by atoms with E-state index < -0.39 is 5.60 Å². The molecule has 1 aliphatic rings. The molecule has 5 nitrogen and oxygen atoms in total. The van der Waals surface area contributed by atoms with Gasteiger partial charge in [0.1, 0.15) is 5.60 Å². The van der Waals surface area contributed by atoms with Crippen molar-refractivity contribution < 1.29 is 9.90 Å². The topological polar surface area (TPSA) is 69.8 Å². The molecule has 1 heterocycles. The smallest absolute Gasteiger partial charge is 0.152 e. The van der Waals surface area contributed by atoms with Crippen LogP contribution in [0.4, 0.5) is 11.4 Å². The Balaban J connectivity index is 1.89. The molecular weight excluding hydrogens is 242 g/mol. The maximum absolute atomic E-state index is 10.7. The largest absolute Gasteiger partial charge is 0.399 e. The molecule has 19 heavy (non-hydrogen) atoms. The SMILES string of the molecule is CC(O)(C=O)CN1CCN(c2ccc(N)cc2)CC1. The summed E-state index contributed by atoms with van der Waals surface area (Å²) in [5.41, 5.74) is 6.36. The minimum Gasteiger partial charge on any atom is -0.399 e. The van der Waals surface area contributed by atoms with Crippen molar-refractivity contribution in [3.8, 4) is 0 Å². The zero-order valence-corrected chi connectivity index (χ0v) is 11.2. The fourth-order valence-electron chi connectivity index (χ4n) is 2.34. The molecule has 104 valence electrons. The van der Waals surface area contributed by atoms with Crippen molar-refractivity contribution in [2.75, 3.05) is 43.4 Å². The maximum atomic E-state index is 10.7. The third kappa shape index (κ3) is 3.68. The van der Waals surface area contributed by atoms with E-state index in [2.05, 4.69) is 9.80 Å². The molecule has 1 aliphatic heterocycles. The molecule has 2 rings (SSSR count). The standard InChI is InChI=1S/C14H21N3O2/c1-14(19,11-18)10-16-6-8-17(9-7-16)13-4-2-12(15)3-5-13/h2-5,11,19H,6-10,15H2,1H3. The first-order valence-electron chi connectivity index (χ1n) is 6.52. The molecule has 5 heteroatoms. The van der Waals surface area contributed by atoms with E-state index in [4.69, 9.17) is 5.73 Å². The number of carbonyl (C=O) groups is 1. The van der Waals surface area contributed by atoms with Crippen LogP contribution in [0.15, 0.2) is 24.3 Å². The number of nitrogens with two attached hydrogens (primary N) is 1. The minimum atomic E-state index is -1.25. The van der Waals surface area contributed by atoms with Crippen molar-refractivity contribution in [2.45, 2.75) is 12.5 Å². The quantitative estimate of drug-likeness (QED) is 0.605. The van der Waals surface area contributed by atoms with Gasteiger partial charge < -0.3 is 20.5 Å². The lowest BCUT2D eigenvalue weighted by molar-refractivity contribution is -0.124. The number of aliphatic hydroxyl groups is 1. The van der Waals surface area contributed by atoms with Crippen LogP contribution in [-0.4, -0.2) is 54.6 Å². The Kier molecular flexibility index (Phi) is 4.07. The van der Waals surface area contributed by atoms with E-state index in [9.17, 15) is 9.90 Å². The molecular formula is C14H21N3O2. The Labute approximate surface area is 113 Å². The second kappa shape index (κ2) is 5.59. The highest BCUT2D eigenvalue weighted by molar-refractivity contribution is 5.61. The summed E-state index contributed by atoms with van der Waals surface area (Å²) in [7, 11) is 0. The molecule has 1 atom stereocenters. The van der Waals surface area contributed by atoms with E-state index >= 15 is 0 Å². The first-order valence-corrected chi connectivity index (χ1v) is 6.52. The summed E-state index contributed by atoms with van der Waals surface area (Å²) >= 11 is 0. The highest BCUT2D eigenvalue weighted by atomic mass is 16.3. The molecule has 1 unspecified atom stereocenters. The van der Waals surface area contributed by atoms with Gasteiger partial charge in [-0.3, -0.25) is 4.90 Å². The normalized spacial score (nSPS) is 20.0. The van der Waals surface area contributed by atoms with Gasteiger partial charge in [-0.25, -0.2) is 0 Å². The molecule has 1 fully saturated rings. The van der Waals surface area contributed by atoms with Gasteiger partial charge >= 0.3 is 0 Å². The summed E-state index contributed by atoms with van der Waals surface area (Å²) in [6.07, 6.45) is 0.610. The molecule has 1 saturated heterocycles. The Hall–Kier alpha value is -1.59. The number of nitrogen functional groups attached to an aromatic ring is 1. The number of carbonyl (C=O) groups excluding carboxylic acids is 1. The lowest BCUT2D eigenvalue weighted by Crippen LogP contribution is -2.51. The van der Waals surface area contributed by atoms with Crippen LogP contribution in [0.5, 0.6) is 0 Å². The maximum Gasteiger partial charge on any atom is 0.152 e. The van der Waals surface area contributed by atoms with Crippen molar-refractivity contribution in [1.29, 1.82) is 0 Å². The van der Waals surface area contributed by atoms with Gasteiger partial charge in [0.2, 0.25) is 0 Å². The zero-order chi connectivity index (χ0) is 13.9. The number of anilines is 2. The number of hydrogen-bond donors (Lipinski definition) is 2. The second-order valence-electron chi connectivity index (χ2n) is 5.33. The molecule has 0 radical (unpaired) electrons. The van der Waals surface area contributed by atoms with Gasteiger partial charge in [-0.05, 0) is 31.2 Å². The van der Waals surface area contributed by atoms with Crippen LogP contribution in [0.3, 0.4) is 0 Å². The van der Waals surface area contributed by atoms with Crippen LogP contribution in [0.2, 0.25) is 0 Å². The Morgan fingerprint density at radius 2 is 1.84 bits per heavy atom. The van der Waals surface area contributed by atoms with Gasteiger partial charge in [0.15, 0.2) is 6.29 Å². The van der Waals surface area contributed by atoms with Gasteiger partial charge in [0, 0.05) is 44.1 Å². The van der Waals surface area contributed by atoms with Crippen LogP contribution in [0.1, 0.15) is 6.92 Å². The first-order chi connectivity index (χ1) is 9.00. The third-order valence-corrected chi connectivity index (χ3v) is 3.43. The van der Waals surface area contributed by atoms with E-state index in [1.807, 2.05) is 24.3 Å². The van der Waals surface area contributed by atoms with Crippen LogP contribution < -0.4 is 10.6 Å². The fourth-order valence-corrected chi connectivity index (χ4v) is 2.34. The predicted molar refractivity (Wildman–Crippen MR) is 76.2 cm³/mol. The van der Waals surface area contributed by atoms with Crippen molar-refractivity contribution in [3.05, 3.63) is 24.3 Å². The van der Waals surface area contributed by atoms with Crippen molar-refractivity contribution in [3.63, 3.8) is 0 Å². The average molecular weight is 263 g/mol. The Morgan fingerprint density at radius 1 is 1.26 bits per heavy atom. The van der Waals surface area contributed by atoms with Gasteiger partial charge in [0.25, 0.3) is 0 Å². The summed E-state index contributed by atoms with van der Waals surface area (Å²) in [4.78, 5) is 15.1. The van der Waals surface area contributed by atoms with Crippen molar-refractivity contribution in [1.82, 2.24) is 4.90 Å². The number of aldehydes is 1. The van der Waals surface area contributed by atoms with E-state index in [-0.39, 0.29) is 0 Å². The molecule has 0 spiro atoms. The van der Waals surface area contributed by atoms with Crippen LogP contribution in [0, 0.1) is 0 Å². The fraction of sp³-hybridized carbons (Fsp3) is 0.500. The second-order valence-corrected chi connectivity index (χ2v) is 5.33. The molecule has 0 amide bonds. The van der Waals surface area contributed by atoms with Gasteiger partial charge in [-0.1, -0.05) is 0 Å². The average Bonchev–Trinajstić information content (AvgIpc) is 2.40. The van der Waals surface area contributed by atoms with Crippen LogP contribution in [-0.2, 0) is 4.79 Å². The monoisotopic (exact) mass is 263 g/mol. The molecule has 1 aromatic carbocycles. The molecule has 1 aromatic rings. The van der Waals surface area contributed by atoms with Crippen LogP contribution >= 0.6 is 0 Å². The third-order valence-electron chi connectivity index (χ3n) is 3.43. The minimum absolute atomic E-state index is 0.395. The molecule has 0 bridgehead atoms. The number of nitrogens with zero attached hydrogens (tertiary/aromatic N) is 2. The highest BCUT2D eigenvalue weighted by Gasteiger charge is 2.25. The summed E-state index contributed by atoms with van der Waals surface area (Å²) in [5, 5.41) is 9.75. The number of β-amino-alcohol motifs (C(OH)–C–C–N with tert-alkyl or cyclic N) is 1. The highest BCUT2D eigenvalue weighted by Crippen LogP contribution is 2.18. The van der Waals surface area contributed by atoms with Crippen molar-refractivity contribution in [2.24, 2.45) is 0 Å². The van der Waals surface area contributed by atoms with E-state index in [0.717, 1.165) is 37.6 Å².